The Hall–Kier alpha value is -1.15. The summed E-state index contributed by atoms with van der Waals surface area (Å²) in [5.74, 6) is 0.238. The summed E-state index contributed by atoms with van der Waals surface area (Å²) >= 11 is 0. The molecule has 0 aliphatic carbocycles. The Bertz CT molecular complexity index is 385. The first-order valence-electron chi connectivity index (χ1n) is 6.38. The summed E-state index contributed by atoms with van der Waals surface area (Å²) in [6.45, 7) is 9.07. The topological polar surface area (TPSA) is 29.1 Å². The van der Waals surface area contributed by atoms with Crippen molar-refractivity contribution in [2.24, 2.45) is 0 Å². The second-order valence-corrected chi connectivity index (χ2v) is 4.75. The van der Waals surface area contributed by atoms with E-state index in [-0.39, 0.29) is 5.78 Å². The number of aryl methyl sites for hydroxylation is 2. The predicted octanol–water partition coefficient (Wildman–Crippen LogP) is 3.26. The van der Waals surface area contributed by atoms with Gasteiger partial charge < -0.3 is 5.32 Å². The fourth-order valence-electron chi connectivity index (χ4n) is 1.75. The summed E-state index contributed by atoms with van der Waals surface area (Å²) in [5, 5.41) is 3.35. The van der Waals surface area contributed by atoms with E-state index < -0.39 is 0 Å². The van der Waals surface area contributed by atoms with Gasteiger partial charge in [0.15, 0.2) is 5.78 Å². The van der Waals surface area contributed by atoms with E-state index in [1.807, 2.05) is 32.0 Å². The fraction of sp³-hybridized carbons (Fsp3) is 0.533. The normalized spacial score (nSPS) is 12.5. The van der Waals surface area contributed by atoms with Crippen LogP contribution in [0.3, 0.4) is 0 Å². The van der Waals surface area contributed by atoms with Crippen molar-refractivity contribution in [3.8, 4) is 0 Å². The minimum absolute atomic E-state index is 0.238. The molecule has 2 nitrogen and oxygen atoms in total. The lowest BCUT2D eigenvalue weighted by Gasteiger charge is -2.11. The molecule has 0 bridgehead atoms. The molecule has 0 fully saturated rings. The van der Waals surface area contributed by atoms with Crippen molar-refractivity contribution in [2.75, 3.05) is 6.54 Å². The van der Waals surface area contributed by atoms with E-state index in [9.17, 15) is 4.79 Å². The van der Waals surface area contributed by atoms with E-state index in [0.29, 0.717) is 12.5 Å². The lowest BCUT2D eigenvalue weighted by Crippen LogP contribution is -2.27. The molecule has 0 radical (unpaired) electrons. The van der Waals surface area contributed by atoms with Gasteiger partial charge in [0.25, 0.3) is 0 Å². The molecule has 1 aromatic carbocycles. The lowest BCUT2D eigenvalue weighted by molar-refractivity contribution is 0.0981. The highest BCUT2D eigenvalue weighted by Crippen LogP contribution is 2.12. The molecule has 0 aliphatic rings. The molecule has 0 saturated carbocycles. The Morgan fingerprint density at radius 1 is 1.35 bits per heavy atom. The Kier molecular flexibility index (Phi) is 5.36. The number of rotatable bonds is 6. The molecule has 0 saturated heterocycles. The SMILES string of the molecule is CCC(C)NCCC(=O)c1cc(C)ccc1C. The number of ketones is 1. The highest BCUT2D eigenvalue weighted by molar-refractivity contribution is 5.97. The van der Waals surface area contributed by atoms with Crippen LogP contribution in [0, 0.1) is 13.8 Å². The fourth-order valence-corrected chi connectivity index (χ4v) is 1.75. The van der Waals surface area contributed by atoms with Crippen LogP contribution < -0.4 is 5.32 Å². The smallest absolute Gasteiger partial charge is 0.164 e. The van der Waals surface area contributed by atoms with Crippen molar-refractivity contribution in [1.29, 1.82) is 0 Å². The highest BCUT2D eigenvalue weighted by atomic mass is 16.1. The van der Waals surface area contributed by atoms with Crippen LogP contribution >= 0.6 is 0 Å². The van der Waals surface area contributed by atoms with Gasteiger partial charge in [-0.15, -0.1) is 0 Å². The second kappa shape index (κ2) is 6.55. The molecular formula is C15H23NO. The molecule has 0 aliphatic heterocycles. The maximum Gasteiger partial charge on any atom is 0.164 e. The third-order valence-corrected chi connectivity index (χ3v) is 3.15. The maximum atomic E-state index is 12.0. The first-order valence-corrected chi connectivity index (χ1v) is 6.38. The van der Waals surface area contributed by atoms with Gasteiger partial charge in [0.05, 0.1) is 0 Å². The minimum atomic E-state index is 0.238. The first-order chi connectivity index (χ1) is 8.04. The van der Waals surface area contributed by atoms with Crippen LogP contribution in [0.15, 0.2) is 18.2 Å². The third-order valence-electron chi connectivity index (χ3n) is 3.15. The average molecular weight is 233 g/mol. The number of hydrogen-bond donors (Lipinski definition) is 1. The number of carbonyl (C=O) groups is 1. The first kappa shape index (κ1) is 13.9. The number of benzene rings is 1. The molecule has 0 amide bonds. The molecule has 1 unspecified atom stereocenters. The number of hydrogen-bond acceptors (Lipinski definition) is 2. The Balaban J connectivity index is 2.55. The molecule has 17 heavy (non-hydrogen) atoms. The van der Waals surface area contributed by atoms with E-state index in [2.05, 4.69) is 19.2 Å². The van der Waals surface area contributed by atoms with Gasteiger partial charge in [-0.05, 0) is 38.8 Å². The summed E-state index contributed by atoms with van der Waals surface area (Å²) in [7, 11) is 0. The predicted molar refractivity (Wildman–Crippen MR) is 72.6 cm³/mol. The monoisotopic (exact) mass is 233 g/mol. The van der Waals surface area contributed by atoms with Crippen molar-refractivity contribution >= 4 is 5.78 Å². The van der Waals surface area contributed by atoms with E-state index in [0.717, 1.165) is 29.7 Å². The van der Waals surface area contributed by atoms with Crippen molar-refractivity contribution in [1.82, 2.24) is 5.32 Å². The zero-order valence-electron chi connectivity index (χ0n) is 11.3. The number of nitrogens with one attached hydrogen (secondary N) is 1. The quantitative estimate of drug-likeness (QED) is 0.764. The third kappa shape index (κ3) is 4.31. The minimum Gasteiger partial charge on any atom is -0.314 e. The summed E-state index contributed by atoms with van der Waals surface area (Å²) in [5.41, 5.74) is 3.09. The van der Waals surface area contributed by atoms with Gasteiger partial charge in [0.1, 0.15) is 0 Å². The molecule has 2 heteroatoms. The van der Waals surface area contributed by atoms with Gasteiger partial charge in [-0.1, -0.05) is 24.6 Å². The maximum absolute atomic E-state index is 12.0. The summed E-state index contributed by atoms with van der Waals surface area (Å²) in [6, 6.07) is 6.54. The molecule has 1 N–H and O–H groups in total. The van der Waals surface area contributed by atoms with E-state index in [1.165, 1.54) is 0 Å². The van der Waals surface area contributed by atoms with Crippen LogP contribution in [-0.4, -0.2) is 18.4 Å². The zero-order valence-corrected chi connectivity index (χ0v) is 11.3. The Morgan fingerprint density at radius 2 is 2.06 bits per heavy atom. The van der Waals surface area contributed by atoms with Gasteiger partial charge in [-0.25, -0.2) is 0 Å². The molecule has 0 heterocycles. The van der Waals surface area contributed by atoms with Crippen molar-refractivity contribution < 1.29 is 4.79 Å². The van der Waals surface area contributed by atoms with Crippen molar-refractivity contribution in [3.05, 3.63) is 34.9 Å². The van der Waals surface area contributed by atoms with Gasteiger partial charge in [-0.2, -0.15) is 0 Å². The van der Waals surface area contributed by atoms with Crippen LogP contribution in [0.4, 0.5) is 0 Å². The Labute approximate surface area is 104 Å². The van der Waals surface area contributed by atoms with Gasteiger partial charge in [0, 0.05) is 24.6 Å². The van der Waals surface area contributed by atoms with Crippen LogP contribution in [0.2, 0.25) is 0 Å². The second-order valence-electron chi connectivity index (χ2n) is 4.75. The summed E-state index contributed by atoms with van der Waals surface area (Å²) in [6.07, 6.45) is 1.67. The van der Waals surface area contributed by atoms with Gasteiger partial charge in [0.2, 0.25) is 0 Å². The standard InChI is InChI=1S/C15H23NO/c1-5-13(4)16-9-8-15(17)14-10-11(2)6-7-12(14)3/h6-7,10,13,16H,5,8-9H2,1-4H3. The summed E-state index contributed by atoms with van der Waals surface area (Å²) < 4.78 is 0. The number of Topliss-reactive ketones (excluding diaryl/α,β-unsaturated/α-hetero) is 1. The number of carbonyl (C=O) groups excluding carboxylic acids is 1. The van der Waals surface area contributed by atoms with Gasteiger partial charge >= 0.3 is 0 Å². The van der Waals surface area contributed by atoms with Crippen molar-refractivity contribution in [3.63, 3.8) is 0 Å². The molecule has 1 rings (SSSR count). The average Bonchev–Trinajstić information content (AvgIpc) is 2.31. The Morgan fingerprint density at radius 3 is 2.71 bits per heavy atom. The lowest BCUT2D eigenvalue weighted by atomic mass is 10.0. The van der Waals surface area contributed by atoms with Crippen LogP contribution in [0.25, 0.3) is 0 Å². The van der Waals surface area contributed by atoms with Crippen LogP contribution in [0.1, 0.15) is 48.2 Å². The zero-order chi connectivity index (χ0) is 12.8. The molecule has 1 aromatic rings. The molecule has 0 spiro atoms. The molecule has 0 aromatic heterocycles. The van der Waals surface area contributed by atoms with Crippen molar-refractivity contribution in [2.45, 2.75) is 46.6 Å². The van der Waals surface area contributed by atoms with Crippen LogP contribution in [-0.2, 0) is 0 Å². The van der Waals surface area contributed by atoms with E-state index >= 15 is 0 Å². The van der Waals surface area contributed by atoms with Crippen LogP contribution in [0.5, 0.6) is 0 Å². The molecular weight excluding hydrogens is 210 g/mol. The largest absolute Gasteiger partial charge is 0.314 e. The van der Waals surface area contributed by atoms with E-state index in [1.54, 1.807) is 0 Å². The highest BCUT2D eigenvalue weighted by Gasteiger charge is 2.09. The van der Waals surface area contributed by atoms with E-state index in [4.69, 9.17) is 0 Å². The van der Waals surface area contributed by atoms with Gasteiger partial charge in [-0.3, -0.25) is 4.79 Å². The molecule has 1 atom stereocenters. The molecule has 94 valence electrons. The summed E-state index contributed by atoms with van der Waals surface area (Å²) in [4.78, 5) is 12.0.